The molecular formula is C35H44O5. The van der Waals surface area contributed by atoms with Crippen LogP contribution in [-0.2, 0) is 16.0 Å². The van der Waals surface area contributed by atoms with E-state index in [0.29, 0.717) is 30.3 Å². The lowest BCUT2D eigenvalue weighted by atomic mass is 10.0. The predicted molar refractivity (Wildman–Crippen MR) is 161 cm³/mol. The first-order chi connectivity index (χ1) is 19.5. The Balaban J connectivity index is 1.40. The molecule has 0 amide bonds. The van der Waals surface area contributed by atoms with Crippen molar-refractivity contribution in [2.24, 2.45) is 5.92 Å². The molecule has 3 aromatic rings. The van der Waals surface area contributed by atoms with E-state index in [2.05, 4.69) is 45.0 Å². The molecule has 0 aliphatic rings. The van der Waals surface area contributed by atoms with Crippen LogP contribution in [0.15, 0.2) is 72.8 Å². The zero-order valence-corrected chi connectivity index (χ0v) is 24.3. The summed E-state index contributed by atoms with van der Waals surface area (Å²) in [5.74, 6) is 0.989. The first kappa shape index (κ1) is 30.9. The average Bonchev–Trinajstić information content (AvgIpc) is 2.98. The zero-order chi connectivity index (χ0) is 28.6. The van der Waals surface area contributed by atoms with Gasteiger partial charge in [-0.2, -0.15) is 0 Å². The van der Waals surface area contributed by atoms with Crippen molar-refractivity contribution in [3.05, 3.63) is 83.9 Å². The fraction of sp³-hybridized carbons (Fsp3) is 0.429. The van der Waals surface area contributed by atoms with Crippen molar-refractivity contribution in [3.63, 3.8) is 0 Å². The Labute approximate surface area is 239 Å². The maximum absolute atomic E-state index is 12.4. The van der Waals surface area contributed by atoms with Crippen LogP contribution in [0.2, 0.25) is 0 Å². The summed E-state index contributed by atoms with van der Waals surface area (Å²) in [7, 11) is 0. The number of rotatable bonds is 17. The van der Waals surface area contributed by atoms with E-state index < -0.39 is 0 Å². The van der Waals surface area contributed by atoms with Crippen molar-refractivity contribution in [3.8, 4) is 22.6 Å². The molecule has 1 atom stereocenters. The minimum Gasteiger partial charge on any atom is -0.494 e. The van der Waals surface area contributed by atoms with E-state index in [1.54, 1.807) is 24.3 Å². The third-order valence-electron chi connectivity index (χ3n) is 6.88. The lowest BCUT2D eigenvalue weighted by Crippen LogP contribution is -2.12. The van der Waals surface area contributed by atoms with E-state index in [9.17, 15) is 9.59 Å². The number of hydrogen-bond donors (Lipinski definition) is 0. The number of hydrogen-bond acceptors (Lipinski definition) is 5. The highest BCUT2D eigenvalue weighted by molar-refractivity contribution is 5.89. The monoisotopic (exact) mass is 544 g/mol. The molecule has 0 spiro atoms. The SMILES string of the molecule is CCCCCCCOc1ccc(-c2ccc(CCC(=O)Oc3ccc(C(=O)OCC(C)CCC)cc3)cc2)cc1. The minimum absolute atomic E-state index is 0.267. The van der Waals surface area contributed by atoms with Crippen LogP contribution in [0.3, 0.4) is 0 Å². The van der Waals surface area contributed by atoms with Gasteiger partial charge in [0.05, 0.1) is 18.8 Å². The molecule has 0 saturated heterocycles. The van der Waals surface area contributed by atoms with Crippen molar-refractivity contribution in [2.75, 3.05) is 13.2 Å². The summed E-state index contributed by atoms with van der Waals surface area (Å²) in [6.07, 6.45) is 9.09. The molecule has 5 nitrogen and oxygen atoms in total. The maximum atomic E-state index is 12.4. The third kappa shape index (κ3) is 10.9. The molecule has 0 aliphatic heterocycles. The zero-order valence-electron chi connectivity index (χ0n) is 24.3. The summed E-state index contributed by atoms with van der Waals surface area (Å²) in [4.78, 5) is 24.6. The van der Waals surface area contributed by atoms with E-state index in [0.717, 1.165) is 48.3 Å². The fourth-order valence-corrected chi connectivity index (χ4v) is 4.47. The molecule has 0 aromatic heterocycles. The third-order valence-corrected chi connectivity index (χ3v) is 6.88. The number of carbonyl (C=O) groups excluding carboxylic acids is 2. The van der Waals surface area contributed by atoms with Gasteiger partial charge in [-0.25, -0.2) is 4.79 Å². The molecule has 0 radical (unpaired) electrons. The van der Waals surface area contributed by atoms with Crippen LogP contribution in [-0.4, -0.2) is 25.2 Å². The number of aryl methyl sites for hydroxylation is 1. The number of esters is 2. The molecule has 3 rings (SSSR count). The molecule has 5 heteroatoms. The van der Waals surface area contributed by atoms with Gasteiger partial charge in [-0.1, -0.05) is 89.3 Å². The number of ether oxygens (including phenoxy) is 3. The predicted octanol–water partition coefficient (Wildman–Crippen LogP) is 8.83. The molecule has 0 aliphatic carbocycles. The highest BCUT2D eigenvalue weighted by Gasteiger charge is 2.11. The average molecular weight is 545 g/mol. The van der Waals surface area contributed by atoms with Gasteiger partial charge in [0.15, 0.2) is 0 Å². The molecule has 0 N–H and O–H groups in total. The van der Waals surface area contributed by atoms with E-state index in [1.165, 1.54) is 25.7 Å². The summed E-state index contributed by atoms with van der Waals surface area (Å²) < 4.78 is 16.7. The van der Waals surface area contributed by atoms with Crippen molar-refractivity contribution < 1.29 is 23.8 Å². The Morgan fingerprint density at radius 3 is 2.00 bits per heavy atom. The minimum atomic E-state index is -0.360. The lowest BCUT2D eigenvalue weighted by Gasteiger charge is -2.11. The Kier molecular flexibility index (Phi) is 13.3. The summed E-state index contributed by atoms with van der Waals surface area (Å²) in [5, 5.41) is 0. The second-order valence-corrected chi connectivity index (χ2v) is 10.5. The molecule has 40 heavy (non-hydrogen) atoms. The highest BCUT2D eigenvalue weighted by atomic mass is 16.5. The van der Waals surface area contributed by atoms with Crippen LogP contribution in [0, 0.1) is 5.92 Å². The first-order valence-electron chi connectivity index (χ1n) is 14.8. The molecule has 1 unspecified atom stereocenters. The molecule has 0 fully saturated rings. The van der Waals surface area contributed by atoms with Crippen LogP contribution >= 0.6 is 0 Å². The Bertz CT molecular complexity index is 1150. The molecule has 0 heterocycles. The van der Waals surface area contributed by atoms with Gasteiger partial charge in [0.25, 0.3) is 0 Å². The quantitative estimate of drug-likeness (QED) is 0.0965. The number of carbonyl (C=O) groups is 2. The Hall–Kier alpha value is -3.60. The summed E-state index contributed by atoms with van der Waals surface area (Å²) in [5.41, 5.74) is 3.77. The van der Waals surface area contributed by atoms with E-state index in [-0.39, 0.29) is 18.4 Å². The van der Waals surface area contributed by atoms with Crippen LogP contribution < -0.4 is 9.47 Å². The normalized spacial score (nSPS) is 11.6. The summed E-state index contributed by atoms with van der Waals surface area (Å²) in [6, 6.07) is 23.0. The standard InChI is InChI=1S/C35H44O5/c1-4-6-7-8-9-25-38-32-20-16-30(17-21-32)29-14-11-28(12-15-29)13-24-34(36)40-33-22-18-31(19-23-33)35(37)39-26-27(3)10-5-2/h11-12,14-23,27H,4-10,13,24-26H2,1-3H3. The second kappa shape index (κ2) is 17.2. The van der Waals surface area contributed by atoms with Crippen molar-refractivity contribution in [1.82, 2.24) is 0 Å². The smallest absolute Gasteiger partial charge is 0.338 e. The van der Waals surface area contributed by atoms with Crippen LogP contribution in [0.25, 0.3) is 11.1 Å². The van der Waals surface area contributed by atoms with Crippen molar-refractivity contribution in [2.45, 2.75) is 78.6 Å². The van der Waals surface area contributed by atoms with Crippen LogP contribution in [0.5, 0.6) is 11.5 Å². The first-order valence-corrected chi connectivity index (χ1v) is 14.8. The van der Waals surface area contributed by atoms with Gasteiger partial charge in [-0.3, -0.25) is 4.79 Å². The largest absolute Gasteiger partial charge is 0.494 e. The van der Waals surface area contributed by atoms with Crippen molar-refractivity contribution >= 4 is 11.9 Å². The van der Waals surface area contributed by atoms with Crippen molar-refractivity contribution in [1.29, 1.82) is 0 Å². The van der Waals surface area contributed by atoms with Crippen LogP contribution in [0.4, 0.5) is 0 Å². The topological polar surface area (TPSA) is 61.8 Å². The van der Waals surface area contributed by atoms with E-state index in [4.69, 9.17) is 14.2 Å². The lowest BCUT2D eigenvalue weighted by molar-refractivity contribution is -0.134. The number of benzene rings is 3. The second-order valence-electron chi connectivity index (χ2n) is 10.5. The maximum Gasteiger partial charge on any atom is 0.338 e. The number of unbranched alkanes of at least 4 members (excludes halogenated alkanes) is 4. The Morgan fingerprint density at radius 1 is 0.725 bits per heavy atom. The molecule has 3 aromatic carbocycles. The molecule has 0 saturated carbocycles. The van der Waals surface area contributed by atoms with Gasteiger partial charge in [0, 0.05) is 6.42 Å². The summed E-state index contributed by atoms with van der Waals surface area (Å²) in [6.45, 7) is 7.58. The molecular weight excluding hydrogens is 500 g/mol. The van der Waals surface area contributed by atoms with Gasteiger partial charge in [-0.05, 0) is 78.3 Å². The Morgan fingerprint density at radius 2 is 1.35 bits per heavy atom. The van der Waals surface area contributed by atoms with E-state index in [1.807, 2.05) is 24.3 Å². The highest BCUT2D eigenvalue weighted by Crippen LogP contribution is 2.24. The molecule has 0 bridgehead atoms. The van der Waals surface area contributed by atoms with E-state index >= 15 is 0 Å². The van der Waals surface area contributed by atoms with Gasteiger partial charge >= 0.3 is 11.9 Å². The van der Waals surface area contributed by atoms with Gasteiger partial charge in [0.2, 0.25) is 0 Å². The van der Waals surface area contributed by atoms with Crippen LogP contribution in [0.1, 0.15) is 88.1 Å². The summed E-state index contributed by atoms with van der Waals surface area (Å²) >= 11 is 0. The van der Waals surface area contributed by atoms with Gasteiger partial charge in [0.1, 0.15) is 11.5 Å². The fourth-order valence-electron chi connectivity index (χ4n) is 4.47. The van der Waals surface area contributed by atoms with Gasteiger partial charge < -0.3 is 14.2 Å². The van der Waals surface area contributed by atoms with Gasteiger partial charge in [-0.15, -0.1) is 0 Å². The molecule has 214 valence electrons.